The molecule has 3 nitrogen and oxygen atoms in total. The van der Waals surface area contributed by atoms with E-state index in [0.29, 0.717) is 5.56 Å². The van der Waals surface area contributed by atoms with Crippen molar-refractivity contribution >= 4 is 29.8 Å². The minimum atomic E-state index is -2.28. The third-order valence-corrected chi connectivity index (χ3v) is 7.92. The topological polar surface area (TPSA) is 43.4 Å². The number of carbonyl (C=O) groups is 1. The Kier molecular flexibility index (Phi) is 3.39. The molecule has 0 saturated heterocycles. The Labute approximate surface area is 124 Å². The van der Waals surface area contributed by atoms with Crippen LogP contribution in [0, 0.1) is 0 Å². The van der Waals surface area contributed by atoms with Crippen LogP contribution in [0.5, 0.6) is 0 Å². The summed E-state index contributed by atoms with van der Waals surface area (Å²) in [5.41, 5.74) is 0.717. The summed E-state index contributed by atoms with van der Waals surface area (Å²) < 4.78 is 11.4. The van der Waals surface area contributed by atoms with Gasteiger partial charge in [0.15, 0.2) is 5.78 Å². The molecule has 3 aromatic rings. The Balaban J connectivity index is 2.14. The maximum atomic E-state index is 11.4. The van der Waals surface area contributed by atoms with Gasteiger partial charge in [-0.05, 0) is 36.4 Å². The minimum Gasteiger partial charge on any atom is -0.473 e. The van der Waals surface area contributed by atoms with Gasteiger partial charge in [0, 0.05) is 5.56 Å². The lowest BCUT2D eigenvalue weighted by atomic mass is 10.2. The number of Topliss-reactive ketones (excluding diaryl/α,β-unsaturated/α-hetero) is 1. The Morgan fingerprint density at radius 3 is 1.81 bits per heavy atom. The van der Waals surface area contributed by atoms with E-state index in [9.17, 15) is 4.79 Å². The van der Waals surface area contributed by atoms with E-state index in [2.05, 4.69) is 6.55 Å². The molecule has 0 radical (unpaired) electrons. The van der Waals surface area contributed by atoms with E-state index in [0.717, 1.165) is 16.0 Å². The predicted octanol–water partition coefficient (Wildman–Crippen LogP) is 2.18. The third-order valence-electron chi connectivity index (χ3n) is 3.90. The first-order valence-corrected chi connectivity index (χ1v) is 9.32. The summed E-state index contributed by atoms with van der Waals surface area (Å²) >= 11 is 0. The first-order chi connectivity index (χ1) is 10.1. The van der Waals surface area contributed by atoms with E-state index < -0.39 is 8.07 Å². The Hall–Kier alpha value is -2.33. The quantitative estimate of drug-likeness (QED) is 0.547. The van der Waals surface area contributed by atoms with Crippen molar-refractivity contribution in [1.82, 2.24) is 0 Å². The normalized spacial score (nSPS) is 11.5. The van der Waals surface area contributed by atoms with Crippen molar-refractivity contribution in [3.63, 3.8) is 0 Å². The molecular weight excluding hydrogens is 280 g/mol. The zero-order valence-corrected chi connectivity index (χ0v) is 13.0. The summed E-state index contributed by atoms with van der Waals surface area (Å²) in [7, 11) is -2.28. The number of furan rings is 2. The summed E-state index contributed by atoms with van der Waals surface area (Å²) in [5, 5.41) is 3.03. The van der Waals surface area contributed by atoms with Crippen LogP contribution in [-0.2, 0) is 0 Å². The van der Waals surface area contributed by atoms with E-state index in [1.165, 1.54) is 0 Å². The van der Waals surface area contributed by atoms with Gasteiger partial charge >= 0.3 is 0 Å². The number of carbonyl (C=O) groups excluding carboxylic acids is 1. The molecule has 2 heterocycles. The van der Waals surface area contributed by atoms with Crippen LogP contribution in [0.25, 0.3) is 0 Å². The van der Waals surface area contributed by atoms with Crippen LogP contribution in [0.2, 0.25) is 6.55 Å². The fourth-order valence-electron chi connectivity index (χ4n) is 2.57. The Bertz CT molecular complexity index is 691. The lowest BCUT2D eigenvalue weighted by Gasteiger charge is -2.23. The van der Waals surface area contributed by atoms with Crippen LogP contribution in [0.3, 0.4) is 0 Å². The largest absolute Gasteiger partial charge is 0.473 e. The van der Waals surface area contributed by atoms with E-state index in [1.54, 1.807) is 19.5 Å². The summed E-state index contributed by atoms with van der Waals surface area (Å²) in [4.78, 5) is 11.4. The Morgan fingerprint density at radius 2 is 1.43 bits per heavy atom. The van der Waals surface area contributed by atoms with Gasteiger partial charge in [-0.15, -0.1) is 0 Å². The van der Waals surface area contributed by atoms with Crippen molar-refractivity contribution in [3.8, 4) is 0 Å². The van der Waals surface area contributed by atoms with Gasteiger partial charge in [-0.25, -0.2) is 0 Å². The number of ketones is 1. The maximum Gasteiger partial charge on any atom is 0.233 e. The molecule has 106 valence electrons. The van der Waals surface area contributed by atoms with Gasteiger partial charge in [0.1, 0.15) is 0 Å². The maximum absolute atomic E-state index is 11.4. The third kappa shape index (κ3) is 2.27. The second-order valence-electron chi connectivity index (χ2n) is 5.21. The van der Waals surface area contributed by atoms with Crippen LogP contribution in [0.4, 0.5) is 0 Å². The first kappa shape index (κ1) is 13.6. The molecule has 0 aliphatic rings. The number of hydrogen-bond donors (Lipinski definition) is 0. The molecule has 0 spiro atoms. The molecule has 4 heteroatoms. The van der Waals surface area contributed by atoms with E-state index >= 15 is 0 Å². The second kappa shape index (κ2) is 5.22. The average Bonchev–Trinajstić information content (AvgIpc) is 3.20. The van der Waals surface area contributed by atoms with Crippen LogP contribution < -0.4 is 16.0 Å². The predicted molar refractivity (Wildman–Crippen MR) is 84.4 cm³/mol. The van der Waals surface area contributed by atoms with Crippen molar-refractivity contribution < 1.29 is 13.6 Å². The van der Waals surface area contributed by atoms with Crippen molar-refractivity contribution in [2.75, 3.05) is 0 Å². The SMILES string of the molecule is CC(=O)c1ccc([Si](C)(c2ccco2)c2ccco2)cc1. The molecular formula is C17H16O3Si. The van der Waals surface area contributed by atoms with E-state index in [4.69, 9.17) is 8.83 Å². The number of benzene rings is 1. The van der Waals surface area contributed by atoms with Crippen LogP contribution >= 0.6 is 0 Å². The molecule has 1 aromatic carbocycles. The smallest absolute Gasteiger partial charge is 0.233 e. The standard InChI is InChI=1S/C17H16O3Si/c1-13(18)14-7-9-15(10-8-14)21(2,16-5-3-11-19-16)17-6-4-12-20-17/h3-12H,1-2H3. The average molecular weight is 296 g/mol. The fraction of sp³-hybridized carbons (Fsp3) is 0.118. The molecule has 0 aliphatic carbocycles. The zero-order chi connectivity index (χ0) is 14.9. The lowest BCUT2D eigenvalue weighted by Crippen LogP contribution is -2.64. The number of rotatable bonds is 4. The molecule has 0 bridgehead atoms. The van der Waals surface area contributed by atoms with Crippen molar-refractivity contribution in [1.29, 1.82) is 0 Å². The fourth-order valence-corrected chi connectivity index (χ4v) is 5.68. The van der Waals surface area contributed by atoms with Crippen molar-refractivity contribution in [2.24, 2.45) is 0 Å². The summed E-state index contributed by atoms with van der Waals surface area (Å²) in [6.07, 6.45) is 3.38. The first-order valence-electron chi connectivity index (χ1n) is 6.82. The Morgan fingerprint density at radius 1 is 0.905 bits per heavy atom. The van der Waals surface area contributed by atoms with Crippen LogP contribution in [-0.4, -0.2) is 13.9 Å². The highest BCUT2D eigenvalue weighted by Crippen LogP contribution is 2.09. The monoisotopic (exact) mass is 296 g/mol. The molecule has 0 saturated carbocycles. The highest BCUT2D eigenvalue weighted by atomic mass is 28.3. The van der Waals surface area contributed by atoms with Crippen LogP contribution in [0.15, 0.2) is 69.9 Å². The molecule has 0 N–H and O–H groups in total. The molecule has 21 heavy (non-hydrogen) atoms. The van der Waals surface area contributed by atoms with Crippen LogP contribution in [0.1, 0.15) is 17.3 Å². The van der Waals surface area contributed by atoms with Crippen molar-refractivity contribution in [2.45, 2.75) is 13.5 Å². The molecule has 0 unspecified atom stereocenters. The van der Waals surface area contributed by atoms with Gasteiger partial charge in [-0.1, -0.05) is 30.8 Å². The lowest BCUT2D eigenvalue weighted by molar-refractivity contribution is 0.101. The van der Waals surface area contributed by atoms with Crippen molar-refractivity contribution in [3.05, 3.63) is 66.6 Å². The molecule has 0 aliphatic heterocycles. The molecule has 3 rings (SSSR count). The number of hydrogen-bond acceptors (Lipinski definition) is 3. The summed E-state index contributed by atoms with van der Waals surface area (Å²) in [5.74, 6) is 0.0703. The van der Waals surface area contributed by atoms with E-state index in [-0.39, 0.29) is 5.78 Å². The molecule has 0 amide bonds. The zero-order valence-electron chi connectivity index (χ0n) is 12.0. The summed E-state index contributed by atoms with van der Waals surface area (Å²) in [6, 6.07) is 15.5. The minimum absolute atomic E-state index is 0.0703. The van der Waals surface area contributed by atoms with E-state index in [1.807, 2.05) is 48.5 Å². The highest BCUT2D eigenvalue weighted by molar-refractivity contribution is 7.09. The van der Waals surface area contributed by atoms with Gasteiger partial charge in [-0.2, -0.15) is 0 Å². The van der Waals surface area contributed by atoms with Gasteiger partial charge < -0.3 is 8.83 Å². The van der Waals surface area contributed by atoms with Gasteiger partial charge in [0.05, 0.1) is 23.3 Å². The molecule has 0 atom stereocenters. The molecule has 0 fully saturated rings. The van der Waals surface area contributed by atoms with Gasteiger partial charge in [0.25, 0.3) is 0 Å². The highest BCUT2D eigenvalue weighted by Gasteiger charge is 2.40. The second-order valence-corrected chi connectivity index (χ2v) is 9.03. The van der Waals surface area contributed by atoms with Gasteiger partial charge in [0.2, 0.25) is 8.07 Å². The summed E-state index contributed by atoms with van der Waals surface area (Å²) in [6.45, 7) is 3.76. The molecule has 2 aromatic heterocycles. The van der Waals surface area contributed by atoms with Gasteiger partial charge in [-0.3, -0.25) is 4.79 Å².